The Balaban J connectivity index is 1.92. The summed E-state index contributed by atoms with van der Waals surface area (Å²) in [7, 11) is -2.81. The molecule has 106 valence electrons. The summed E-state index contributed by atoms with van der Waals surface area (Å²) in [5, 5.41) is 0.668. The minimum Gasteiger partial charge on any atom is -0.317 e. The number of nitrogens with zero attached hydrogens (tertiary/aromatic N) is 1. The Hall–Kier alpha value is -2.19. The van der Waals surface area contributed by atoms with E-state index in [0.717, 1.165) is 4.90 Å². The van der Waals surface area contributed by atoms with Gasteiger partial charge in [0.05, 0.1) is 17.4 Å². The first-order chi connectivity index (χ1) is 10.0. The molecule has 1 aliphatic heterocycles. The number of benzene rings is 2. The number of hydrogen-bond donors (Lipinski definition) is 0. The topological polar surface area (TPSA) is 54.5 Å². The van der Waals surface area contributed by atoms with Crippen molar-refractivity contribution in [2.75, 3.05) is 13.0 Å². The zero-order valence-electron chi connectivity index (χ0n) is 11.5. The molecule has 0 saturated carbocycles. The van der Waals surface area contributed by atoms with E-state index >= 15 is 0 Å². The maximum absolute atomic E-state index is 12.9. The summed E-state index contributed by atoms with van der Waals surface area (Å²) in [4.78, 5) is 25.7. The fourth-order valence-electron chi connectivity index (χ4n) is 2.46. The highest BCUT2D eigenvalue weighted by molar-refractivity contribution is 7.70. The molecule has 0 bridgehead atoms. The fourth-order valence-corrected chi connectivity index (χ4v) is 4.23. The van der Waals surface area contributed by atoms with Crippen molar-refractivity contribution in [3.05, 3.63) is 65.7 Å². The number of carbonyl (C=O) groups is 2. The molecular formula is C16H14NO3P. The Bertz CT molecular complexity index is 735. The third-order valence-corrected chi connectivity index (χ3v) is 5.80. The van der Waals surface area contributed by atoms with Crippen LogP contribution in [-0.2, 0) is 4.57 Å². The van der Waals surface area contributed by atoms with Crippen LogP contribution in [0.2, 0.25) is 0 Å². The minimum atomic E-state index is -2.81. The highest BCUT2D eigenvalue weighted by atomic mass is 31.2. The standard InChI is InChI=1S/C16H14NO3P/c1-21(20,12-7-3-2-4-8-12)11-17-15(18)13-9-5-6-10-14(13)16(17)19/h2-10H,11H2,1H3. The smallest absolute Gasteiger partial charge is 0.261 e. The molecule has 1 unspecified atom stereocenters. The van der Waals surface area contributed by atoms with Crippen LogP contribution in [0.3, 0.4) is 0 Å². The summed E-state index contributed by atoms with van der Waals surface area (Å²) in [6.45, 7) is 1.60. The lowest BCUT2D eigenvalue weighted by Crippen LogP contribution is -2.32. The van der Waals surface area contributed by atoms with Crippen LogP contribution in [0.25, 0.3) is 0 Å². The number of amides is 2. The van der Waals surface area contributed by atoms with Crippen molar-refractivity contribution in [3.63, 3.8) is 0 Å². The molecule has 0 spiro atoms. The second kappa shape index (κ2) is 4.97. The highest BCUT2D eigenvalue weighted by Gasteiger charge is 2.38. The van der Waals surface area contributed by atoms with E-state index < -0.39 is 7.14 Å². The summed E-state index contributed by atoms with van der Waals surface area (Å²) in [6, 6.07) is 15.6. The number of fused-ring (bicyclic) bond motifs is 1. The molecule has 0 fully saturated rings. The van der Waals surface area contributed by atoms with Gasteiger partial charge in [-0.1, -0.05) is 42.5 Å². The average molecular weight is 299 g/mol. The summed E-state index contributed by atoms with van der Waals surface area (Å²) >= 11 is 0. The van der Waals surface area contributed by atoms with Gasteiger partial charge in [0, 0.05) is 5.30 Å². The predicted molar refractivity (Wildman–Crippen MR) is 81.4 cm³/mol. The Labute approximate surface area is 122 Å². The molecule has 3 rings (SSSR count). The molecule has 2 aromatic carbocycles. The van der Waals surface area contributed by atoms with E-state index in [0.29, 0.717) is 16.4 Å². The van der Waals surface area contributed by atoms with E-state index in [1.807, 2.05) is 6.07 Å². The molecular weight excluding hydrogens is 285 g/mol. The molecule has 0 saturated heterocycles. The van der Waals surface area contributed by atoms with Gasteiger partial charge in [0.15, 0.2) is 0 Å². The fraction of sp³-hybridized carbons (Fsp3) is 0.125. The van der Waals surface area contributed by atoms with Crippen LogP contribution >= 0.6 is 7.14 Å². The SMILES string of the molecule is CP(=O)(CN1C(=O)c2ccccc2C1=O)c1ccccc1. The van der Waals surface area contributed by atoms with Gasteiger partial charge in [0.25, 0.3) is 11.8 Å². The number of hydrogen-bond acceptors (Lipinski definition) is 3. The molecule has 1 atom stereocenters. The second-order valence-corrected chi connectivity index (χ2v) is 8.16. The maximum atomic E-state index is 12.9. The third kappa shape index (κ3) is 2.32. The van der Waals surface area contributed by atoms with Gasteiger partial charge < -0.3 is 4.57 Å². The van der Waals surface area contributed by atoms with Crippen molar-refractivity contribution in [2.24, 2.45) is 0 Å². The first kappa shape index (κ1) is 13.8. The zero-order valence-corrected chi connectivity index (χ0v) is 12.4. The molecule has 1 heterocycles. The van der Waals surface area contributed by atoms with E-state index in [-0.39, 0.29) is 18.1 Å². The van der Waals surface area contributed by atoms with Crippen molar-refractivity contribution in [1.29, 1.82) is 0 Å². The van der Waals surface area contributed by atoms with Crippen molar-refractivity contribution < 1.29 is 14.2 Å². The van der Waals surface area contributed by atoms with Gasteiger partial charge in [-0.3, -0.25) is 14.5 Å². The molecule has 0 aliphatic carbocycles. The Morgan fingerprint density at radius 1 is 0.857 bits per heavy atom. The molecule has 2 amide bonds. The minimum absolute atomic E-state index is 0.0661. The monoisotopic (exact) mass is 299 g/mol. The molecule has 5 heteroatoms. The molecule has 21 heavy (non-hydrogen) atoms. The average Bonchev–Trinajstić information content (AvgIpc) is 2.74. The van der Waals surface area contributed by atoms with Crippen LogP contribution in [0.4, 0.5) is 0 Å². The molecule has 0 radical (unpaired) electrons. The molecule has 0 N–H and O–H groups in total. The maximum Gasteiger partial charge on any atom is 0.261 e. The van der Waals surface area contributed by atoms with Crippen LogP contribution in [0, 0.1) is 0 Å². The zero-order chi connectivity index (χ0) is 15.0. The van der Waals surface area contributed by atoms with Crippen LogP contribution in [0.1, 0.15) is 20.7 Å². The lowest BCUT2D eigenvalue weighted by molar-refractivity contribution is 0.0680. The van der Waals surface area contributed by atoms with Gasteiger partial charge in [0.1, 0.15) is 7.14 Å². The van der Waals surface area contributed by atoms with Gasteiger partial charge in [-0.25, -0.2) is 0 Å². The number of rotatable bonds is 3. The van der Waals surface area contributed by atoms with Crippen LogP contribution < -0.4 is 5.30 Å². The Kier molecular flexibility index (Phi) is 3.26. The largest absolute Gasteiger partial charge is 0.317 e. The van der Waals surface area contributed by atoms with E-state index in [4.69, 9.17) is 0 Å². The van der Waals surface area contributed by atoms with E-state index in [1.165, 1.54) is 0 Å². The summed E-state index contributed by atoms with van der Waals surface area (Å²) < 4.78 is 12.9. The van der Waals surface area contributed by atoms with E-state index in [1.54, 1.807) is 55.2 Å². The van der Waals surface area contributed by atoms with Crippen molar-refractivity contribution in [3.8, 4) is 0 Å². The summed E-state index contributed by atoms with van der Waals surface area (Å²) in [5.41, 5.74) is 0.770. The lowest BCUT2D eigenvalue weighted by Gasteiger charge is -2.20. The van der Waals surface area contributed by atoms with Crippen LogP contribution in [-0.4, -0.2) is 29.7 Å². The summed E-state index contributed by atoms with van der Waals surface area (Å²) in [5.74, 6) is -0.734. The third-order valence-electron chi connectivity index (χ3n) is 3.59. The van der Waals surface area contributed by atoms with Crippen molar-refractivity contribution in [2.45, 2.75) is 0 Å². The lowest BCUT2D eigenvalue weighted by atomic mass is 10.1. The van der Waals surface area contributed by atoms with Gasteiger partial charge >= 0.3 is 0 Å². The van der Waals surface area contributed by atoms with Gasteiger partial charge in [-0.2, -0.15) is 0 Å². The quantitative estimate of drug-likeness (QED) is 0.646. The van der Waals surface area contributed by atoms with Gasteiger partial charge in [0.2, 0.25) is 0 Å². The number of carbonyl (C=O) groups excluding carboxylic acids is 2. The van der Waals surface area contributed by atoms with E-state index in [9.17, 15) is 14.2 Å². The van der Waals surface area contributed by atoms with Gasteiger partial charge in [-0.15, -0.1) is 0 Å². The van der Waals surface area contributed by atoms with Crippen molar-refractivity contribution in [1.82, 2.24) is 4.90 Å². The molecule has 4 nitrogen and oxygen atoms in total. The molecule has 2 aromatic rings. The second-order valence-electron chi connectivity index (χ2n) is 5.16. The van der Waals surface area contributed by atoms with E-state index in [2.05, 4.69) is 0 Å². The van der Waals surface area contributed by atoms with Crippen LogP contribution in [0.5, 0.6) is 0 Å². The first-order valence-electron chi connectivity index (χ1n) is 6.58. The normalized spacial score (nSPS) is 16.7. The first-order valence-corrected chi connectivity index (χ1v) is 8.92. The number of imide groups is 1. The van der Waals surface area contributed by atoms with Crippen LogP contribution in [0.15, 0.2) is 54.6 Å². The molecule has 1 aliphatic rings. The highest BCUT2D eigenvalue weighted by Crippen LogP contribution is 2.42. The Morgan fingerprint density at radius 3 is 1.86 bits per heavy atom. The van der Waals surface area contributed by atoms with Crippen molar-refractivity contribution >= 4 is 24.3 Å². The van der Waals surface area contributed by atoms with Gasteiger partial charge in [-0.05, 0) is 18.8 Å². The molecule has 0 aromatic heterocycles. The summed E-state index contributed by atoms with van der Waals surface area (Å²) in [6.07, 6.45) is -0.0661. The Morgan fingerprint density at radius 2 is 1.33 bits per heavy atom. The predicted octanol–water partition coefficient (Wildman–Crippen LogP) is 2.56.